The number of benzene rings is 2. The number of carbonyl (C=O) groups excluding carboxylic acids is 5. The molecule has 4 rings (SSSR count). The van der Waals surface area contributed by atoms with Gasteiger partial charge in [-0.3, -0.25) is 28.9 Å². The van der Waals surface area contributed by atoms with Gasteiger partial charge in [-0.15, -0.1) is 0 Å². The van der Waals surface area contributed by atoms with Crippen molar-refractivity contribution in [1.29, 1.82) is 0 Å². The molecule has 2 aromatic carbocycles. The van der Waals surface area contributed by atoms with Gasteiger partial charge >= 0.3 is 0 Å². The first-order valence-electron chi connectivity index (χ1n) is 19.1. The number of amides is 4. The zero-order valence-electron chi connectivity index (χ0n) is 32.3. The molecule has 1 aliphatic heterocycles. The van der Waals surface area contributed by atoms with E-state index < -0.39 is 59.4 Å². The molecule has 2 aromatic rings. The van der Waals surface area contributed by atoms with Crippen LogP contribution in [0, 0.1) is 17.8 Å². The molecule has 0 bridgehead atoms. The van der Waals surface area contributed by atoms with Crippen LogP contribution in [0.3, 0.4) is 0 Å². The van der Waals surface area contributed by atoms with Crippen LogP contribution in [0.1, 0.15) is 65.0 Å². The van der Waals surface area contributed by atoms with Crippen molar-refractivity contribution in [1.82, 2.24) is 26.2 Å². The molecule has 1 aliphatic carbocycles. The molecule has 54 heavy (non-hydrogen) atoms. The quantitative estimate of drug-likeness (QED) is 0.117. The molecule has 296 valence electrons. The number of Topliss-reactive ketones (excluding diaryl/α,β-unsaturated/α-hetero) is 1. The number of ketones is 1. The minimum absolute atomic E-state index is 0.00453. The minimum Gasteiger partial charge on any atom is -0.393 e. The maximum Gasteiger partial charge on any atom is 0.246 e. The standard InChI is InChI=1S/C41H59N5O8/c1-27(2)22-33(36(49)40(5,53)26-47)43-37(50)34(23-30-14-10-7-11-15-30)44-39(52)41(24-31(41)28(3)4)45-38(51)32(17-16-29-12-8-6-9-13-29)42-35(48)25-46-18-20-54-21-19-46/h6-15,27-28,31-34,47,53H,16-26H2,1-5H3,(H,42,48)(H,43,50)(H,44,52)(H,45,51)/t31-,32-,33?,34-,40+,41?/m0/s1. The molecule has 4 amide bonds. The number of aliphatic hydroxyl groups excluding tert-OH is 1. The van der Waals surface area contributed by atoms with Gasteiger partial charge in [-0.1, -0.05) is 88.4 Å². The summed E-state index contributed by atoms with van der Waals surface area (Å²) in [7, 11) is 0. The fourth-order valence-electron chi connectivity index (χ4n) is 7.06. The lowest BCUT2D eigenvalue weighted by Gasteiger charge is -2.30. The van der Waals surface area contributed by atoms with Crippen LogP contribution in [0.15, 0.2) is 60.7 Å². The molecule has 0 radical (unpaired) electrons. The van der Waals surface area contributed by atoms with Crippen LogP contribution in [0.4, 0.5) is 0 Å². The van der Waals surface area contributed by atoms with Gasteiger partial charge in [-0.25, -0.2) is 0 Å². The Morgan fingerprint density at radius 2 is 1.46 bits per heavy atom. The Balaban J connectivity index is 1.57. The number of hydrogen-bond donors (Lipinski definition) is 6. The average Bonchev–Trinajstić information content (AvgIpc) is 3.89. The fraction of sp³-hybridized carbons (Fsp3) is 0.585. The van der Waals surface area contributed by atoms with E-state index in [2.05, 4.69) is 21.3 Å². The van der Waals surface area contributed by atoms with Crippen LogP contribution < -0.4 is 21.3 Å². The summed E-state index contributed by atoms with van der Waals surface area (Å²) in [4.78, 5) is 71.1. The SMILES string of the molecule is CC(C)CC(NC(=O)[C@H](Cc1ccccc1)NC(=O)C1(NC(=O)[C@H](CCc2ccccc2)NC(=O)CN2CCOCC2)C[C@H]1C(C)C)C(=O)[C@](C)(O)CO. The number of carbonyl (C=O) groups is 5. The summed E-state index contributed by atoms with van der Waals surface area (Å²) in [5.74, 6) is -2.99. The van der Waals surface area contributed by atoms with Crippen molar-refractivity contribution in [3.05, 3.63) is 71.8 Å². The number of ether oxygens (including phenoxy) is 1. The van der Waals surface area contributed by atoms with Crippen molar-refractivity contribution in [2.75, 3.05) is 39.5 Å². The van der Waals surface area contributed by atoms with E-state index >= 15 is 0 Å². The second-order valence-electron chi connectivity index (χ2n) is 15.8. The Labute approximate surface area is 319 Å². The summed E-state index contributed by atoms with van der Waals surface area (Å²) in [5, 5.41) is 31.9. The molecule has 2 fully saturated rings. The highest BCUT2D eigenvalue weighted by atomic mass is 16.5. The van der Waals surface area contributed by atoms with Crippen molar-refractivity contribution >= 4 is 29.4 Å². The van der Waals surface area contributed by atoms with Crippen molar-refractivity contribution in [2.45, 2.75) is 96.0 Å². The molecule has 1 saturated heterocycles. The second-order valence-corrected chi connectivity index (χ2v) is 15.8. The topological polar surface area (TPSA) is 186 Å². The van der Waals surface area contributed by atoms with Gasteiger partial charge in [0.2, 0.25) is 23.6 Å². The molecule has 1 heterocycles. The van der Waals surface area contributed by atoms with E-state index in [9.17, 15) is 34.2 Å². The molecular weight excluding hydrogens is 690 g/mol. The van der Waals surface area contributed by atoms with Crippen LogP contribution in [0.25, 0.3) is 0 Å². The molecular formula is C41H59N5O8. The Kier molecular flexibility index (Phi) is 15.3. The number of rotatable bonds is 20. The number of nitrogens with one attached hydrogen (secondary N) is 4. The highest BCUT2D eigenvalue weighted by molar-refractivity contribution is 6.00. The third kappa shape index (κ3) is 11.9. The van der Waals surface area contributed by atoms with Gasteiger partial charge in [0.1, 0.15) is 23.2 Å². The number of aliphatic hydroxyl groups is 2. The maximum atomic E-state index is 14.4. The van der Waals surface area contributed by atoms with Crippen LogP contribution in [-0.2, 0) is 41.6 Å². The predicted octanol–water partition coefficient (Wildman–Crippen LogP) is 1.54. The number of morpholine rings is 1. The van der Waals surface area contributed by atoms with E-state index in [4.69, 9.17) is 4.74 Å². The van der Waals surface area contributed by atoms with E-state index in [0.29, 0.717) is 45.6 Å². The Morgan fingerprint density at radius 3 is 2.02 bits per heavy atom. The van der Waals surface area contributed by atoms with Crippen LogP contribution in [0.2, 0.25) is 0 Å². The highest BCUT2D eigenvalue weighted by Gasteiger charge is 2.62. The monoisotopic (exact) mass is 749 g/mol. The van der Waals surface area contributed by atoms with E-state index in [0.717, 1.165) is 11.1 Å². The number of aryl methyl sites for hydroxylation is 1. The third-order valence-corrected chi connectivity index (χ3v) is 10.3. The number of nitrogens with zero attached hydrogens (tertiary/aromatic N) is 1. The van der Waals surface area contributed by atoms with Crippen LogP contribution in [0.5, 0.6) is 0 Å². The number of hydrogen-bond acceptors (Lipinski definition) is 9. The predicted molar refractivity (Wildman–Crippen MR) is 204 cm³/mol. The molecule has 13 nitrogen and oxygen atoms in total. The second kappa shape index (κ2) is 19.4. The van der Waals surface area contributed by atoms with Gasteiger partial charge < -0.3 is 36.2 Å². The summed E-state index contributed by atoms with van der Waals surface area (Å²) in [5.41, 5.74) is -1.66. The maximum absolute atomic E-state index is 14.4. The van der Waals surface area contributed by atoms with Gasteiger partial charge in [0.15, 0.2) is 5.78 Å². The van der Waals surface area contributed by atoms with E-state index in [1.165, 1.54) is 6.92 Å². The van der Waals surface area contributed by atoms with E-state index in [-0.39, 0.29) is 43.0 Å². The Hall–Kier alpha value is -4.17. The summed E-state index contributed by atoms with van der Waals surface area (Å²) >= 11 is 0. The average molecular weight is 750 g/mol. The minimum atomic E-state index is -2.08. The molecule has 6 N–H and O–H groups in total. The normalized spacial score (nSPS) is 21.3. The lowest BCUT2D eigenvalue weighted by Crippen LogP contribution is -2.61. The molecule has 0 aromatic heterocycles. The van der Waals surface area contributed by atoms with E-state index in [1.54, 1.807) is 0 Å². The van der Waals surface area contributed by atoms with Crippen molar-refractivity contribution in [2.24, 2.45) is 17.8 Å². The summed E-state index contributed by atoms with van der Waals surface area (Å²) in [6.07, 6.45) is 1.44. The molecule has 2 aliphatic rings. The molecule has 2 unspecified atom stereocenters. The van der Waals surface area contributed by atoms with Crippen molar-refractivity contribution in [3.63, 3.8) is 0 Å². The fourth-order valence-corrected chi connectivity index (χ4v) is 7.06. The molecule has 6 atom stereocenters. The first-order chi connectivity index (χ1) is 25.6. The third-order valence-electron chi connectivity index (χ3n) is 10.3. The Morgan fingerprint density at radius 1 is 0.852 bits per heavy atom. The van der Waals surface area contributed by atoms with Crippen LogP contribution >= 0.6 is 0 Å². The van der Waals surface area contributed by atoms with Crippen molar-refractivity contribution < 1.29 is 38.9 Å². The van der Waals surface area contributed by atoms with E-state index in [1.807, 2.05) is 93.3 Å². The van der Waals surface area contributed by atoms with Crippen LogP contribution in [-0.4, -0.2) is 113 Å². The van der Waals surface area contributed by atoms with Gasteiger partial charge in [-0.2, -0.15) is 0 Å². The first kappa shape index (κ1) is 42.6. The molecule has 1 saturated carbocycles. The lowest BCUT2D eigenvalue weighted by molar-refractivity contribution is -0.144. The first-order valence-corrected chi connectivity index (χ1v) is 19.1. The largest absolute Gasteiger partial charge is 0.393 e. The van der Waals surface area contributed by atoms with Gasteiger partial charge in [0, 0.05) is 19.5 Å². The van der Waals surface area contributed by atoms with Gasteiger partial charge in [0.05, 0.1) is 32.4 Å². The highest BCUT2D eigenvalue weighted by Crippen LogP contribution is 2.49. The Bertz CT molecular complexity index is 1560. The van der Waals surface area contributed by atoms with Crippen molar-refractivity contribution in [3.8, 4) is 0 Å². The van der Waals surface area contributed by atoms with Gasteiger partial charge in [-0.05, 0) is 61.5 Å². The zero-order chi connectivity index (χ0) is 39.5. The summed E-state index contributed by atoms with van der Waals surface area (Å²) in [6, 6.07) is 15.6. The summed E-state index contributed by atoms with van der Waals surface area (Å²) < 4.78 is 5.40. The van der Waals surface area contributed by atoms with Gasteiger partial charge in [0.25, 0.3) is 0 Å². The molecule has 13 heteroatoms. The zero-order valence-corrected chi connectivity index (χ0v) is 32.3. The smallest absolute Gasteiger partial charge is 0.246 e. The summed E-state index contributed by atoms with van der Waals surface area (Å²) in [6.45, 7) is 10.4. The molecule has 0 spiro atoms. The lowest BCUT2D eigenvalue weighted by atomic mass is 9.90.